The largest absolute Gasteiger partial charge is 0.505 e. The summed E-state index contributed by atoms with van der Waals surface area (Å²) >= 11 is 7.33. The second kappa shape index (κ2) is 5.63. The molecule has 1 saturated carbocycles. The second-order valence-electron chi connectivity index (χ2n) is 5.97. The first kappa shape index (κ1) is 16.2. The number of nitrogens with zero attached hydrogens (tertiary/aromatic N) is 5. The molecule has 2 aromatic rings. The summed E-state index contributed by atoms with van der Waals surface area (Å²) in [5.41, 5.74) is -0.214. The number of carbonyl (C=O) groups excluding carboxylic acids is 2. The number of imide groups is 1. The summed E-state index contributed by atoms with van der Waals surface area (Å²) in [6, 6.07) is -0.279. The molecule has 1 saturated heterocycles. The predicted molar refractivity (Wildman–Crippen MR) is 90.1 cm³/mol. The van der Waals surface area contributed by atoms with Crippen molar-refractivity contribution in [2.75, 3.05) is 6.54 Å². The van der Waals surface area contributed by atoms with Crippen LogP contribution in [0.5, 0.6) is 5.75 Å². The molecule has 8 nitrogen and oxygen atoms in total. The quantitative estimate of drug-likeness (QED) is 0.818. The van der Waals surface area contributed by atoms with E-state index >= 15 is 0 Å². The van der Waals surface area contributed by atoms with E-state index in [9.17, 15) is 14.7 Å². The van der Waals surface area contributed by atoms with Crippen LogP contribution >= 0.6 is 22.9 Å². The fraction of sp³-hybridized carbons (Fsp3) is 0.400. The average Bonchev–Trinajstić information content (AvgIpc) is 3.22. The molecule has 130 valence electrons. The first-order valence-corrected chi connectivity index (χ1v) is 8.96. The number of aromatic nitrogens is 3. The lowest BCUT2D eigenvalue weighted by molar-refractivity contribution is -0.129. The Morgan fingerprint density at radius 2 is 2.08 bits per heavy atom. The van der Waals surface area contributed by atoms with Gasteiger partial charge in [-0.3, -0.25) is 14.7 Å². The molecule has 0 bridgehead atoms. The van der Waals surface area contributed by atoms with Gasteiger partial charge in [0.15, 0.2) is 10.8 Å². The number of hydrogen-bond donors (Lipinski definition) is 1. The zero-order valence-electron chi connectivity index (χ0n) is 13.3. The van der Waals surface area contributed by atoms with E-state index in [1.807, 2.05) is 0 Å². The molecule has 1 aliphatic heterocycles. The highest BCUT2D eigenvalue weighted by molar-refractivity contribution is 7.14. The molecule has 25 heavy (non-hydrogen) atoms. The Kier molecular flexibility index (Phi) is 3.66. The fourth-order valence-corrected chi connectivity index (χ4v) is 4.11. The normalized spacial score (nSPS) is 18.5. The van der Waals surface area contributed by atoms with Crippen LogP contribution in [0, 0.1) is 0 Å². The first-order chi connectivity index (χ1) is 12.0. The summed E-state index contributed by atoms with van der Waals surface area (Å²) < 4.78 is 0. The summed E-state index contributed by atoms with van der Waals surface area (Å²) in [5.74, 6) is -0.253. The maximum absolute atomic E-state index is 12.5. The molecule has 0 aromatic carbocycles. The molecule has 1 aliphatic carbocycles. The Balaban J connectivity index is 1.61. The van der Waals surface area contributed by atoms with Crippen LogP contribution in [0.25, 0.3) is 10.6 Å². The van der Waals surface area contributed by atoms with Gasteiger partial charge >= 0.3 is 6.03 Å². The van der Waals surface area contributed by atoms with Gasteiger partial charge < -0.3 is 10.0 Å². The minimum Gasteiger partial charge on any atom is -0.505 e. The Bertz CT molecular complexity index is 882. The van der Waals surface area contributed by atoms with E-state index in [0.29, 0.717) is 35.0 Å². The zero-order valence-corrected chi connectivity index (χ0v) is 14.8. The lowest BCUT2D eigenvalue weighted by atomic mass is 10.2. The van der Waals surface area contributed by atoms with Crippen LogP contribution < -0.4 is 0 Å². The molecule has 0 unspecified atom stereocenters. The molecule has 2 aromatic heterocycles. The van der Waals surface area contributed by atoms with Gasteiger partial charge in [0.25, 0.3) is 5.91 Å². The maximum atomic E-state index is 12.5. The van der Waals surface area contributed by atoms with Crippen molar-refractivity contribution >= 4 is 34.9 Å². The predicted octanol–water partition coefficient (Wildman–Crippen LogP) is 2.28. The number of aromatic hydroxyl groups is 1. The zero-order chi connectivity index (χ0) is 17.8. The molecule has 2 fully saturated rings. The van der Waals surface area contributed by atoms with Gasteiger partial charge in [-0.05, 0) is 19.8 Å². The van der Waals surface area contributed by atoms with Crippen LogP contribution in [0.3, 0.4) is 0 Å². The summed E-state index contributed by atoms with van der Waals surface area (Å²) in [5, 5.41) is 19.1. The van der Waals surface area contributed by atoms with Crippen molar-refractivity contribution in [1.82, 2.24) is 25.0 Å². The Labute approximate surface area is 152 Å². The number of likely N-dealkylation sites (N-methyl/N-ethyl adjacent to an activating group) is 1. The smallest absolute Gasteiger partial charge is 0.328 e. The number of halogens is 1. The number of urea groups is 1. The summed E-state index contributed by atoms with van der Waals surface area (Å²) in [6.07, 6.45) is 4.11. The van der Waals surface area contributed by atoms with Crippen LogP contribution in [-0.4, -0.2) is 54.1 Å². The third kappa shape index (κ3) is 2.37. The molecule has 2 aliphatic rings. The summed E-state index contributed by atoms with van der Waals surface area (Å²) in [6.45, 7) is 2.37. The molecular formula is C15H14ClN5O3S. The summed E-state index contributed by atoms with van der Waals surface area (Å²) in [7, 11) is 0. The number of hydrogen-bond acceptors (Lipinski definition) is 7. The minimum absolute atomic E-state index is 0.120. The van der Waals surface area contributed by atoms with Gasteiger partial charge in [-0.15, -0.1) is 10.2 Å². The Morgan fingerprint density at radius 3 is 2.76 bits per heavy atom. The second-order valence-corrected chi connectivity index (χ2v) is 7.41. The number of carbonyl (C=O) groups is 2. The molecular weight excluding hydrogens is 366 g/mol. The van der Waals surface area contributed by atoms with Crippen LogP contribution in [0.2, 0.25) is 5.02 Å². The molecule has 1 spiro atoms. The molecule has 1 N–H and O–H groups in total. The van der Waals surface area contributed by atoms with Crippen molar-refractivity contribution in [3.63, 3.8) is 0 Å². The van der Waals surface area contributed by atoms with Crippen molar-refractivity contribution in [2.24, 2.45) is 0 Å². The van der Waals surface area contributed by atoms with Crippen molar-refractivity contribution in [3.05, 3.63) is 22.4 Å². The lowest BCUT2D eigenvalue weighted by Gasteiger charge is -2.19. The van der Waals surface area contributed by atoms with Crippen LogP contribution in [0.1, 0.15) is 24.8 Å². The minimum atomic E-state index is -0.691. The average molecular weight is 380 g/mol. The highest BCUT2D eigenvalue weighted by Gasteiger charge is 2.64. The fourth-order valence-electron chi connectivity index (χ4n) is 3.03. The topological polar surface area (TPSA) is 99.5 Å². The van der Waals surface area contributed by atoms with Gasteiger partial charge in [-0.25, -0.2) is 4.79 Å². The van der Waals surface area contributed by atoms with Gasteiger partial charge in [-0.1, -0.05) is 22.9 Å². The van der Waals surface area contributed by atoms with Gasteiger partial charge in [0, 0.05) is 12.7 Å². The van der Waals surface area contributed by atoms with Crippen molar-refractivity contribution in [2.45, 2.75) is 31.8 Å². The van der Waals surface area contributed by atoms with E-state index in [1.165, 1.54) is 28.6 Å². The summed E-state index contributed by atoms with van der Waals surface area (Å²) in [4.78, 5) is 31.7. The van der Waals surface area contributed by atoms with Crippen molar-refractivity contribution in [3.8, 4) is 16.3 Å². The van der Waals surface area contributed by atoms with E-state index in [-0.39, 0.29) is 29.3 Å². The van der Waals surface area contributed by atoms with Crippen molar-refractivity contribution < 1.29 is 14.7 Å². The standard InChI is InChI=1S/C15H14ClN5O3S/c1-2-20-13(23)15(3-4-15)21(14(20)24)7-10-18-19-12(25-10)8-5-17-6-9(22)11(8)16/h5-6,22H,2-4,7H2,1H3. The van der Waals surface area contributed by atoms with Crippen LogP contribution in [0.4, 0.5) is 4.79 Å². The Morgan fingerprint density at radius 1 is 1.32 bits per heavy atom. The number of amides is 3. The van der Waals surface area contributed by atoms with E-state index in [1.54, 1.807) is 11.8 Å². The van der Waals surface area contributed by atoms with E-state index in [2.05, 4.69) is 15.2 Å². The molecule has 0 atom stereocenters. The van der Waals surface area contributed by atoms with Crippen molar-refractivity contribution in [1.29, 1.82) is 0 Å². The lowest BCUT2D eigenvalue weighted by Crippen LogP contribution is -2.36. The van der Waals surface area contributed by atoms with Gasteiger partial charge in [0.1, 0.15) is 10.5 Å². The van der Waals surface area contributed by atoms with Gasteiger partial charge in [0.05, 0.1) is 23.3 Å². The Hall–Kier alpha value is -2.26. The SMILES string of the molecule is CCN1C(=O)N(Cc2nnc(-c3cncc(O)c3Cl)s2)C2(CC2)C1=O. The van der Waals surface area contributed by atoms with E-state index < -0.39 is 5.54 Å². The maximum Gasteiger partial charge on any atom is 0.328 e. The highest BCUT2D eigenvalue weighted by atomic mass is 35.5. The third-order valence-electron chi connectivity index (χ3n) is 4.51. The van der Waals surface area contributed by atoms with E-state index in [4.69, 9.17) is 11.6 Å². The first-order valence-electron chi connectivity index (χ1n) is 7.76. The van der Waals surface area contributed by atoms with E-state index in [0.717, 1.165) is 0 Å². The monoisotopic (exact) mass is 379 g/mol. The van der Waals surface area contributed by atoms with Crippen LogP contribution in [-0.2, 0) is 11.3 Å². The van der Waals surface area contributed by atoms with Crippen LogP contribution in [0.15, 0.2) is 12.4 Å². The molecule has 10 heteroatoms. The third-order valence-corrected chi connectivity index (χ3v) is 5.85. The van der Waals surface area contributed by atoms with Gasteiger partial charge in [-0.2, -0.15) is 0 Å². The highest BCUT2D eigenvalue weighted by Crippen LogP contribution is 2.48. The molecule has 4 rings (SSSR count). The molecule has 3 amide bonds. The number of rotatable bonds is 4. The van der Waals surface area contributed by atoms with Gasteiger partial charge in [0.2, 0.25) is 0 Å². The number of pyridine rings is 1. The molecule has 0 radical (unpaired) electrons. The molecule has 3 heterocycles.